The fraction of sp³-hybridized carbons (Fsp3) is 0.417. The Labute approximate surface area is 197 Å². The maximum absolute atomic E-state index is 12.6. The summed E-state index contributed by atoms with van der Waals surface area (Å²) in [7, 11) is 1.94. The Hall–Kier alpha value is -2.63. The third kappa shape index (κ3) is 5.05. The van der Waals surface area contributed by atoms with Gasteiger partial charge in [0.1, 0.15) is 16.9 Å². The molecule has 1 aliphatic rings. The Balaban J connectivity index is 1.34. The molecule has 1 aromatic carbocycles. The molecule has 0 saturated carbocycles. The van der Waals surface area contributed by atoms with Crippen molar-refractivity contribution in [2.24, 2.45) is 13.0 Å². The van der Waals surface area contributed by atoms with Crippen molar-refractivity contribution in [2.75, 3.05) is 11.1 Å². The highest BCUT2D eigenvalue weighted by atomic mass is 32.2. The zero-order chi connectivity index (χ0) is 22.5. The molecule has 0 aliphatic heterocycles. The van der Waals surface area contributed by atoms with Gasteiger partial charge in [-0.1, -0.05) is 55.4 Å². The molecule has 8 heteroatoms. The van der Waals surface area contributed by atoms with E-state index >= 15 is 0 Å². The summed E-state index contributed by atoms with van der Waals surface area (Å²) in [4.78, 5) is 13.9. The summed E-state index contributed by atoms with van der Waals surface area (Å²) >= 11 is 2.94. The number of rotatable bonds is 8. The molecule has 0 spiro atoms. The fourth-order valence-electron chi connectivity index (χ4n) is 4.09. The maximum atomic E-state index is 12.6. The zero-order valence-electron chi connectivity index (χ0n) is 18.4. The zero-order valence-corrected chi connectivity index (χ0v) is 20.1. The number of hydrogen-bond acceptors (Lipinski definition) is 6. The molecule has 1 aliphatic carbocycles. The first-order valence-electron chi connectivity index (χ1n) is 11.0. The summed E-state index contributed by atoms with van der Waals surface area (Å²) in [6.45, 7) is 2.22. The number of aromatic nitrogens is 3. The van der Waals surface area contributed by atoms with Gasteiger partial charge in [0, 0.05) is 18.3 Å². The molecular weight excluding hydrogens is 438 g/mol. The predicted octanol–water partition coefficient (Wildman–Crippen LogP) is 4.78. The van der Waals surface area contributed by atoms with Crippen LogP contribution in [0.2, 0.25) is 0 Å². The van der Waals surface area contributed by atoms with Gasteiger partial charge in [-0.3, -0.25) is 4.79 Å². The Morgan fingerprint density at radius 2 is 2.12 bits per heavy atom. The number of benzene rings is 1. The molecule has 1 atom stereocenters. The van der Waals surface area contributed by atoms with Gasteiger partial charge in [0.05, 0.1) is 11.3 Å². The Morgan fingerprint density at radius 1 is 1.31 bits per heavy atom. The van der Waals surface area contributed by atoms with Crippen molar-refractivity contribution in [3.05, 3.63) is 57.7 Å². The lowest BCUT2D eigenvalue weighted by atomic mass is 9.86. The van der Waals surface area contributed by atoms with Crippen LogP contribution >= 0.6 is 23.1 Å². The number of fused-ring (bicyclic) bond motifs is 1. The SMILES string of the molecule is CCC1CCc2c(sc(NC(=O)CSc3nnc(CCc4ccccc4)n3C)c2C#N)C1. The summed E-state index contributed by atoms with van der Waals surface area (Å²) < 4.78 is 1.95. The van der Waals surface area contributed by atoms with Gasteiger partial charge in [-0.05, 0) is 42.7 Å². The molecule has 0 radical (unpaired) electrons. The second-order valence-corrected chi connectivity index (χ2v) is 10.2. The van der Waals surface area contributed by atoms with Crippen molar-refractivity contribution in [1.82, 2.24) is 14.8 Å². The van der Waals surface area contributed by atoms with Crippen molar-refractivity contribution in [3.8, 4) is 6.07 Å². The number of anilines is 1. The molecular formula is C24H27N5OS2. The lowest BCUT2D eigenvalue weighted by Crippen LogP contribution is -2.14. The average Bonchev–Trinajstić information content (AvgIpc) is 3.35. The van der Waals surface area contributed by atoms with E-state index in [1.807, 2.05) is 29.8 Å². The van der Waals surface area contributed by atoms with Crippen LogP contribution in [0, 0.1) is 17.2 Å². The number of amides is 1. The second-order valence-electron chi connectivity index (χ2n) is 8.12. The standard InChI is InChI=1S/C24H27N5OS2/c1-3-16-9-11-18-19(14-25)23(32-20(18)13-16)26-22(30)15-31-24-28-27-21(29(24)2)12-10-17-7-5-4-6-8-17/h4-8,16H,3,9-13,15H2,1-2H3,(H,26,30). The molecule has 1 amide bonds. The van der Waals surface area contributed by atoms with Crippen LogP contribution in [-0.4, -0.2) is 26.4 Å². The molecule has 0 saturated heterocycles. The monoisotopic (exact) mass is 465 g/mol. The second kappa shape index (κ2) is 10.3. The van der Waals surface area contributed by atoms with Gasteiger partial charge in [-0.15, -0.1) is 21.5 Å². The van der Waals surface area contributed by atoms with Crippen molar-refractivity contribution >= 4 is 34.0 Å². The molecule has 4 rings (SSSR count). The topological polar surface area (TPSA) is 83.6 Å². The van der Waals surface area contributed by atoms with Crippen molar-refractivity contribution in [1.29, 1.82) is 5.26 Å². The largest absolute Gasteiger partial charge is 0.316 e. The highest BCUT2D eigenvalue weighted by Gasteiger charge is 2.25. The molecule has 2 aromatic heterocycles. The van der Waals surface area contributed by atoms with Crippen LogP contribution < -0.4 is 5.32 Å². The van der Waals surface area contributed by atoms with E-state index in [1.54, 1.807) is 11.3 Å². The Kier molecular flexibility index (Phi) is 7.28. The number of nitriles is 1. The molecule has 1 unspecified atom stereocenters. The van der Waals surface area contributed by atoms with Crippen LogP contribution in [0.4, 0.5) is 5.00 Å². The molecule has 166 valence electrons. The van der Waals surface area contributed by atoms with E-state index in [0.717, 1.165) is 55.1 Å². The number of hydrogen-bond donors (Lipinski definition) is 1. The van der Waals surface area contributed by atoms with E-state index < -0.39 is 0 Å². The normalized spacial score (nSPS) is 15.2. The molecule has 2 heterocycles. The summed E-state index contributed by atoms with van der Waals surface area (Å²) in [5.41, 5.74) is 3.06. The van der Waals surface area contributed by atoms with Gasteiger partial charge in [0.15, 0.2) is 5.16 Å². The molecule has 0 fully saturated rings. The number of carbonyl (C=O) groups excluding carboxylic acids is 1. The minimum Gasteiger partial charge on any atom is -0.316 e. The summed E-state index contributed by atoms with van der Waals surface area (Å²) in [6.07, 6.45) is 5.92. The van der Waals surface area contributed by atoms with Crippen LogP contribution in [-0.2, 0) is 37.5 Å². The number of nitrogens with one attached hydrogen (secondary N) is 1. The molecule has 6 nitrogen and oxygen atoms in total. The highest BCUT2D eigenvalue weighted by Crippen LogP contribution is 2.40. The predicted molar refractivity (Wildman–Crippen MR) is 129 cm³/mol. The summed E-state index contributed by atoms with van der Waals surface area (Å²) in [5, 5.41) is 22.6. The van der Waals surface area contributed by atoms with E-state index in [2.05, 4.69) is 40.6 Å². The quantitative estimate of drug-likeness (QED) is 0.484. The highest BCUT2D eigenvalue weighted by molar-refractivity contribution is 7.99. The first-order chi connectivity index (χ1) is 15.6. The van der Waals surface area contributed by atoms with Crippen LogP contribution in [0.3, 0.4) is 0 Å². The molecule has 1 N–H and O–H groups in total. The van der Waals surface area contributed by atoms with Gasteiger partial charge in [-0.25, -0.2) is 0 Å². The Morgan fingerprint density at radius 3 is 2.88 bits per heavy atom. The Bertz CT molecular complexity index is 1130. The molecule has 3 aromatic rings. The minimum atomic E-state index is -0.119. The van der Waals surface area contributed by atoms with Gasteiger partial charge in [0.2, 0.25) is 5.91 Å². The summed E-state index contributed by atoms with van der Waals surface area (Å²) in [5.74, 6) is 1.69. The van der Waals surface area contributed by atoms with Gasteiger partial charge in [-0.2, -0.15) is 5.26 Å². The third-order valence-electron chi connectivity index (χ3n) is 6.05. The van der Waals surface area contributed by atoms with Gasteiger partial charge >= 0.3 is 0 Å². The third-order valence-corrected chi connectivity index (χ3v) is 8.24. The number of thioether (sulfide) groups is 1. The van der Waals surface area contributed by atoms with Gasteiger partial charge in [0.25, 0.3) is 0 Å². The van der Waals surface area contributed by atoms with Gasteiger partial charge < -0.3 is 9.88 Å². The van der Waals surface area contributed by atoms with Crippen LogP contribution in [0.5, 0.6) is 0 Å². The fourth-order valence-corrected chi connectivity index (χ4v) is 6.15. The lowest BCUT2D eigenvalue weighted by Gasteiger charge is -2.20. The number of nitrogens with zero attached hydrogens (tertiary/aromatic N) is 4. The lowest BCUT2D eigenvalue weighted by molar-refractivity contribution is -0.113. The van der Waals surface area contributed by atoms with E-state index in [0.29, 0.717) is 16.5 Å². The minimum absolute atomic E-state index is 0.119. The van der Waals surface area contributed by atoms with Crippen molar-refractivity contribution in [2.45, 2.75) is 50.6 Å². The maximum Gasteiger partial charge on any atom is 0.235 e. The molecule has 0 bridgehead atoms. The average molecular weight is 466 g/mol. The number of thiophene rings is 1. The van der Waals surface area contributed by atoms with Crippen LogP contribution in [0.1, 0.15) is 47.2 Å². The molecule has 32 heavy (non-hydrogen) atoms. The summed E-state index contributed by atoms with van der Waals surface area (Å²) in [6, 6.07) is 12.6. The van der Waals surface area contributed by atoms with Crippen molar-refractivity contribution < 1.29 is 4.79 Å². The van der Waals surface area contributed by atoms with Crippen LogP contribution in [0.15, 0.2) is 35.5 Å². The number of aryl methyl sites for hydroxylation is 2. The first-order valence-corrected chi connectivity index (χ1v) is 12.8. The van der Waals surface area contributed by atoms with E-state index in [-0.39, 0.29) is 11.7 Å². The van der Waals surface area contributed by atoms with Crippen molar-refractivity contribution in [3.63, 3.8) is 0 Å². The number of carbonyl (C=O) groups is 1. The smallest absolute Gasteiger partial charge is 0.235 e. The first kappa shape index (κ1) is 22.6. The van der Waals surface area contributed by atoms with E-state index in [4.69, 9.17) is 0 Å². The van der Waals surface area contributed by atoms with E-state index in [1.165, 1.54) is 22.2 Å². The van der Waals surface area contributed by atoms with E-state index in [9.17, 15) is 10.1 Å². The van der Waals surface area contributed by atoms with Crippen LogP contribution in [0.25, 0.3) is 0 Å².